The molecule has 0 bridgehead atoms. The van der Waals surface area contributed by atoms with E-state index in [-0.39, 0.29) is 11.6 Å². The van der Waals surface area contributed by atoms with Crippen molar-refractivity contribution in [1.82, 2.24) is 10.4 Å². The summed E-state index contributed by atoms with van der Waals surface area (Å²) >= 11 is 0. The van der Waals surface area contributed by atoms with E-state index in [1.165, 1.54) is 24.5 Å². The standard InChI is InChI=1S/C15H12N4O3/c20-15(13-6-3-8-16-11-13)18-17-9-2-5-12-4-1-7-14(10-12)19(21)22/h1-11H,(H,18,20)/b5-2-,17-9?. The van der Waals surface area contributed by atoms with Crippen LogP contribution in [0.4, 0.5) is 5.69 Å². The van der Waals surface area contributed by atoms with Crippen LogP contribution in [0.3, 0.4) is 0 Å². The number of allylic oxidation sites excluding steroid dienone is 1. The maximum absolute atomic E-state index is 11.6. The second-order valence-electron chi connectivity index (χ2n) is 4.17. The summed E-state index contributed by atoms with van der Waals surface area (Å²) in [6.45, 7) is 0. The van der Waals surface area contributed by atoms with Crippen molar-refractivity contribution in [3.05, 3.63) is 76.1 Å². The summed E-state index contributed by atoms with van der Waals surface area (Å²) in [7, 11) is 0. The van der Waals surface area contributed by atoms with E-state index in [0.29, 0.717) is 11.1 Å². The molecule has 0 aliphatic rings. The molecule has 7 nitrogen and oxygen atoms in total. The van der Waals surface area contributed by atoms with Crippen LogP contribution in [0.15, 0.2) is 60.0 Å². The number of nitro groups is 1. The number of nitro benzene ring substituents is 1. The number of hydrogen-bond acceptors (Lipinski definition) is 5. The average molecular weight is 296 g/mol. The molecule has 110 valence electrons. The third-order valence-corrected chi connectivity index (χ3v) is 2.62. The van der Waals surface area contributed by atoms with Crippen LogP contribution >= 0.6 is 0 Å². The van der Waals surface area contributed by atoms with Gasteiger partial charge in [0.2, 0.25) is 0 Å². The van der Waals surface area contributed by atoms with Crippen LogP contribution in [0.2, 0.25) is 0 Å². The van der Waals surface area contributed by atoms with E-state index in [4.69, 9.17) is 0 Å². The van der Waals surface area contributed by atoms with Gasteiger partial charge >= 0.3 is 0 Å². The minimum atomic E-state index is -0.459. The van der Waals surface area contributed by atoms with Crippen LogP contribution in [0.25, 0.3) is 6.08 Å². The topological polar surface area (TPSA) is 97.5 Å². The Hall–Kier alpha value is -3.35. The summed E-state index contributed by atoms with van der Waals surface area (Å²) < 4.78 is 0. The SMILES string of the molecule is O=C(NN=C/C=C\c1cccc([N+](=O)[O-])c1)c1cccnc1. The molecule has 1 heterocycles. The van der Waals surface area contributed by atoms with Gasteiger partial charge in [0.1, 0.15) is 0 Å². The van der Waals surface area contributed by atoms with Crippen LogP contribution in [0.5, 0.6) is 0 Å². The first-order chi connectivity index (χ1) is 10.7. The summed E-state index contributed by atoms with van der Waals surface area (Å²) in [5.74, 6) is -0.368. The second kappa shape index (κ2) is 7.44. The van der Waals surface area contributed by atoms with Gasteiger partial charge in [-0.2, -0.15) is 5.10 Å². The summed E-state index contributed by atoms with van der Waals surface area (Å²) in [5, 5.41) is 14.4. The molecule has 2 rings (SSSR count). The minimum absolute atomic E-state index is 0.0176. The van der Waals surface area contributed by atoms with Crippen molar-refractivity contribution in [2.45, 2.75) is 0 Å². The molecule has 1 N–H and O–H groups in total. The highest BCUT2D eigenvalue weighted by atomic mass is 16.6. The molecule has 1 aromatic carbocycles. The van der Waals surface area contributed by atoms with Gasteiger partial charge in [0.25, 0.3) is 11.6 Å². The zero-order chi connectivity index (χ0) is 15.8. The molecule has 0 saturated heterocycles. The normalized spacial score (nSPS) is 10.9. The third kappa shape index (κ3) is 4.34. The largest absolute Gasteiger partial charge is 0.272 e. The van der Waals surface area contributed by atoms with Crippen LogP contribution < -0.4 is 5.43 Å². The predicted molar refractivity (Wildman–Crippen MR) is 82.3 cm³/mol. The van der Waals surface area contributed by atoms with Gasteiger partial charge in [-0.15, -0.1) is 0 Å². The Morgan fingerprint density at radius 3 is 2.91 bits per heavy atom. The van der Waals surface area contributed by atoms with Crippen LogP contribution in [0.1, 0.15) is 15.9 Å². The molecule has 1 aromatic heterocycles. The number of hydrazone groups is 1. The molecule has 2 aromatic rings. The minimum Gasteiger partial charge on any atom is -0.267 e. The first kappa shape index (κ1) is 15.0. The first-order valence-electron chi connectivity index (χ1n) is 6.31. The highest BCUT2D eigenvalue weighted by Crippen LogP contribution is 2.13. The highest BCUT2D eigenvalue weighted by Gasteiger charge is 2.03. The van der Waals surface area contributed by atoms with E-state index in [2.05, 4.69) is 15.5 Å². The molecule has 7 heteroatoms. The number of nitrogens with zero attached hydrogens (tertiary/aromatic N) is 3. The average Bonchev–Trinajstić information content (AvgIpc) is 2.55. The molecular weight excluding hydrogens is 284 g/mol. The summed E-state index contributed by atoms with van der Waals surface area (Å²) in [5.41, 5.74) is 3.43. The number of amides is 1. The Bertz CT molecular complexity index is 727. The maximum atomic E-state index is 11.6. The number of nitrogens with one attached hydrogen (secondary N) is 1. The Kier molecular flexibility index (Phi) is 5.09. The fourth-order valence-corrected chi connectivity index (χ4v) is 1.60. The molecule has 22 heavy (non-hydrogen) atoms. The van der Waals surface area contributed by atoms with E-state index >= 15 is 0 Å². The smallest absolute Gasteiger partial charge is 0.267 e. The number of hydrogen-bond donors (Lipinski definition) is 1. The van der Waals surface area contributed by atoms with Gasteiger partial charge in [0, 0.05) is 30.7 Å². The summed E-state index contributed by atoms with van der Waals surface area (Å²) in [4.78, 5) is 25.6. The van der Waals surface area contributed by atoms with Gasteiger partial charge in [-0.3, -0.25) is 19.9 Å². The van der Waals surface area contributed by atoms with E-state index in [9.17, 15) is 14.9 Å². The van der Waals surface area contributed by atoms with Gasteiger partial charge < -0.3 is 0 Å². The monoisotopic (exact) mass is 296 g/mol. The maximum Gasteiger partial charge on any atom is 0.272 e. The van der Waals surface area contributed by atoms with Gasteiger partial charge in [-0.25, -0.2) is 5.43 Å². The molecule has 0 atom stereocenters. The predicted octanol–water partition coefficient (Wildman–Crippen LogP) is 2.42. The molecule has 0 radical (unpaired) electrons. The van der Waals surface area contributed by atoms with Crippen molar-refractivity contribution in [3.63, 3.8) is 0 Å². The Balaban J connectivity index is 1.91. The zero-order valence-corrected chi connectivity index (χ0v) is 11.4. The van der Waals surface area contributed by atoms with Crippen LogP contribution in [-0.4, -0.2) is 22.0 Å². The van der Waals surface area contributed by atoms with Crippen LogP contribution in [-0.2, 0) is 0 Å². The lowest BCUT2D eigenvalue weighted by Crippen LogP contribution is -2.17. The van der Waals surface area contributed by atoms with Gasteiger partial charge in [0.05, 0.1) is 10.5 Å². The van der Waals surface area contributed by atoms with Crippen molar-refractivity contribution >= 4 is 23.9 Å². The van der Waals surface area contributed by atoms with Crippen molar-refractivity contribution in [2.75, 3.05) is 0 Å². The van der Waals surface area contributed by atoms with Crippen molar-refractivity contribution < 1.29 is 9.72 Å². The molecule has 0 aliphatic carbocycles. The molecule has 0 unspecified atom stereocenters. The number of carbonyl (C=O) groups excluding carboxylic acids is 1. The van der Waals surface area contributed by atoms with Gasteiger partial charge in [-0.1, -0.05) is 18.2 Å². The molecule has 0 fully saturated rings. The number of aromatic nitrogens is 1. The quantitative estimate of drug-likeness (QED) is 0.520. The summed E-state index contributed by atoms with van der Waals surface area (Å²) in [6.07, 6.45) is 7.61. The number of non-ortho nitro benzene ring substituents is 1. The Labute approximate surface area is 126 Å². The van der Waals surface area contributed by atoms with E-state index in [1.807, 2.05) is 0 Å². The third-order valence-electron chi connectivity index (χ3n) is 2.62. The van der Waals surface area contributed by atoms with Gasteiger partial charge in [-0.05, 0) is 23.8 Å². The fraction of sp³-hybridized carbons (Fsp3) is 0. The Morgan fingerprint density at radius 2 is 2.18 bits per heavy atom. The fourth-order valence-electron chi connectivity index (χ4n) is 1.60. The van der Waals surface area contributed by atoms with Gasteiger partial charge in [0.15, 0.2) is 0 Å². The zero-order valence-electron chi connectivity index (χ0n) is 11.4. The Morgan fingerprint density at radius 1 is 1.32 bits per heavy atom. The number of carbonyl (C=O) groups is 1. The van der Waals surface area contributed by atoms with Crippen molar-refractivity contribution in [3.8, 4) is 0 Å². The molecular formula is C15H12N4O3. The first-order valence-corrected chi connectivity index (χ1v) is 6.31. The lowest BCUT2D eigenvalue weighted by molar-refractivity contribution is -0.384. The van der Waals surface area contributed by atoms with E-state index in [0.717, 1.165) is 0 Å². The second-order valence-corrected chi connectivity index (χ2v) is 4.17. The molecule has 0 aliphatic heterocycles. The van der Waals surface area contributed by atoms with Crippen molar-refractivity contribution in [1.29, 1.82) is 0 Å². The molecule has 0 saturated carbocycles. The molecule has 0 spiro atoms. The van der Waals surface area contributed by atoms with Crippen molar-refractivity contribution in [2.24, 2.45) is 5.10 Å². The van der Waals surface area contributed by atoms with E-state index < -0.39 is 4.92 Å². The summed E-state index contributed by atoms with van der Waals surface area (Å²) in [6, 6.07) is 9.46. The van der Waals surface area contributed by atoms with E-state index in [1.54, 1.807) is 42.6 Å². The number of pyridine rings is 1. The van der Waals surface area contributed by atoms with Crippen LogP contribution in [0, 0.1) is 10.1 Å². The number of benzene rings is 1. The lowest BCUT2D eigenvalue weighted by atomic mass is 10.2. The molecule has 1 amide bonds. The highest BCUT2D eigenvalue weighted by molar-refractivity contribution is 5.94. The number of rotatable bonds is 5. The lowest BCUT2D eigenvalue weighted by Gasteiger charge is -1.97.